The summed E-state index contributed by atoms with van der Waals surface area (Å²) >= 11 is 0. The zero-order chi connectivity index (χ0) is 5.98. The number of carbonyl (C=O) groups excluding carboxylic acids is 2. The van der Waals surface area contributed by atoms with Crippen LogP contribution in [-0.4, -0.2) is 18.7 Å². The first-order chi connectivity index (χ1) is 3.84. The first-order valence-electron chi connectivity index (χ1n) is 2.57. The standard InChI is InChI=1S/C5H7NO2/c7-3-4-1-2-6-5(4)8/h3-4H,1-2H2,(H,6,8). The van der Waals surface area contributed by atoms with Crippen molar-refractivity contribution in [1.29, 1.82) is 0 Å². The van der Waals surface area contributed by atoms with Crippen molar-refractivity contribution in [2.24, 2.45) is 5.92 Å². The largest absolute Gasteiger partial charge is 0.355 e. The Morgan fingerprint density at radius 2 is 2.50 bits per heavy atom. The van der Waals surface area contributed by atoms with E-state index in [4.69, 9.17) is 0 Å². The summed E-state index contributed by atoms with van der Waals surface area (Å²) in [6.45, 7) is 0.655. The lowest BCUT2D eigenvalue weighted by atomic mass is 10.1. The first kappa shape index (κ1) is 5.28. The molecule has 1 rings (SSSR count). The molecule has 1 aliphatic heterocycles. The summed E-state index contributed by atoms with van der Waals surface area (Å²) in [5.41, 5.74) is 0. The smallest absolute Gasteiger partial charge is 0.230 e. The van der Waals surface area contributed by atoms with E-state index in [1.165, 1.54) is 0 Å². The molecule has 0 aliphatic carbocycles. The highest BCUT2D eigenvalue weighted by Crippen LogP contribution is 2.03. The lowest BCUT2D eigenvalue weighted by molar-refractivity contribution is -0.126. The van der Waals surface area contributed by atoms with Crippen LogP contribution < -0.4 is 5.32 Å². The van der Waals surface area contributed by atoms with Crippen LogP contribution in [0.2, 0.25) is 0 Å². The minimum Gasteiger partial charge on any atom is -0.355 e. The summed E-state index contributed by atoms with van der Waals surface area (Å²) in [6.07, 6.45) is 1.37. The molecule has 1 fully saturated rings. The Morgan fingerprint density at radius 3 is 2.75 bits per heavy atom. The summed E-state index contributed by atoms with van der Waals surface area (Å²) in [5.74, 6) is -0.491. The van der Waals surface area contributed by atoms with Gasteiger partial charge in [-0.3, -0.25) is 4.79 Å². The number of carbonyl (C=O) groups is 2. The third-order valence-corrected chi connectivity index (χ3v) is 1.26. The fraction of sp³-hybridized carbons (Fsp3) is 0.600. The van der Waals surface area contributed by atoms with Gasteiger partial charge in [-0.25, -0.2) is 0 Å². The Bertz CT molecular complexity index is 122. The fourth-order valence-corrected chi connectivity index (χ4v) is 0.743. The molecule has 8 heavy (non-hydrogen) atoms. The average molecular weight is 113 g/mol. The van der Waals surface area contributed by atoms with Crippen LogP contribution in [0, 0.1) is 5.92 Å². The van der Waals surface area contributed by atoms with E-state index in [2.05, 4.69) is 5.32 Å². The second kappa shape index (κ2) is 1.94. The van der Waals surface area contributed by atoms with Gasteiger partial charge in [0.15, 0.2) is 0 Å². The Hall–Kier alpha value is -0.860. The molecule has 1 atom stereocenters. The van der Waals surface area contributed by atoms with Crippen LogP contribution in [-0.2, 0) is 9.59 Å². The molecule has 1 amide bonds. The third-order valence-electron chi connectivity index (χ3n) is 1.26. The van der Waals surface area contributed by atoms with Gasteiger partial charge in [0.05, 0.1) is 5.92 Å². The molecule has 0 bridgehead atoms. The Balaban J connectivity index is 2.54. The molecule has 3 nitrogen and oxygen atoms in total. The third kappa shape index (κ3) is 0.710. The number of nitrogens with one attached hydrogen (secondary N) is 1. The zero-order valence-electron chi connectivity index (χ0n) is 4.39. The van der Waals surface area contributed by atoms with Crippen molar-refractivity contribution in [2.45, 2.75) is 6.42 Å². The first-order valence-corrected chi connectivity index (χ1v) is 2.57. The van der Waals surface area contributed by atoms with Gasteiger partial charge in [-0.1, -0.05) is 0 Å². The molecule has 1 N–H and O–H groups in total. The predicted octanol–water partition coefficient (Wildman–Crippen LogP) is -0.679. The van der Waals surface area contributed by atoms with Crippen molar-refractivity contribution in [1.82, 2.24) is 5.32 Å². The maximum atomic E-state index is 10.5. The highest BCUT2D eigenvalue weighted by Gasteiger charge is 2.22. The molecule has 1 unspecified atom stereocenters. The molecule has 0 aromatic heterocycles. The lowest BCUT2D eigenvalue weighted by Crippen LogP contribution is -2.19. The fourth-order valence-electron chi connectivity index (χ4n) is 0.743. The van der Waals surface area contributed by atoms with Gasteiger partial charge in [-0.15, -0.1) is 0 Å². The van der Waals surface area contributed by atoms with Crippen LogP contribution in [0.15, 0.2) is 0 Å². The minimum atomic E-state index is -0.366. The molecular formula is C5H7NO2. The molecular weight excluding hydrogens is 106 g/mol. The zero-order valence-corrected chi connectivity index (χ0v) is 4.39. The highest BCUT2D eigenvalue weighted by atomic mass is 16.2. The lowest BCUT2D eigenvalue weighted by Gasteiger charge is -1.89. The van der Waals surface area contributed by atoms with Crippen molar-refractivity contribution >= 4 is 12.2 Å². The van der Waals surface area contributed by atoms with E-state index in [0.29, 0.717) is 19.3 Å². The van der Waals surface area contributed by atoms with Gasteiger partial charge in [0.1, 0.15) is 6.29 Å². The number of hydrogen-bond donors (Lipinski definition) is 1. The molecule has 0 saturated carbocycles. The van der Waals surface area contributed by atoms with Crippen molar-refractivity contribution in [3.8, 4) is 0 Å². The van der Waals surface area contributed by atoms with Gasteiger partial charge >= 0.3 is 0 Å². The van der Waals surface area contributed by atoms with E-state index >= 15 is 0 Å². The quantitative estimate of drug-likeness (QED) is 0.362. The van der Waals surface area contributed by atoms with Gasteiger partial charge in [-0.2, -0.15) is 0 Å². The average Bonchev–Trinajstić information content (AvgIpc) is 2.14. The van der Waals surface area contributed by atoms with Crippen LogP contribution in [0.3, 0.4) is 0 Å². The van der Waals surface area contributed by atoms with Gasteiger partial charge in [0, 0.05) is 6.54 Å². The topological polar surface area (TPSA) is 46.2 Å². The maximum Gasteiger partial charge on any atom is 0.230 e. The van der Waals surface area contributed by atoms with Gasteiger partial charge in [0.25, 0.3) is 0 Å². The summed E-state index contributed by atoms with van der Waals surface area (Å²) in [7, 11) is 0. The minimum absolute atomic E-state index is 0.125. The van der Waals surface area contributed by atoms with E-state index < -0.39 is 0 Å². The van der Waals surface area contributed by atoms with Crippen molar-refractivity contribution in [3.63, 3.8) is 0 Å². The normalized spacial score (nSPS) is 27.5. The van der Waals surface area contributed by atoms with E-state index in [1.54, 1.807) is 0 Å². The van der Waals surface area contributed by atoms with E-state index in [-0.39, 0.29) is 11.8 Å². The molecule has 1 aliphatic rings. The molecule has 0 aromatic rings. The van der Waals surface area contributed by atoms with Crippen LogP contribution in [0.5, 0.6) is 0 Å². The van der Waals surface area contributed by atoms with E-state index in [1.807, 2.05) is 0 Å². The molecule has 3 heteroatoms. The summed E-state index contributed by atoms with van der Waals surface area (Å²) < 4.78 is 0. The molecule has 0 spiro atoms. The van der Waals surface area contributed by atoms with Crippen LogP contribution in [0.1, 0.15) is 6.42 Å². The monoisotopic (exact) mass is 113 g/mol. The van der Waals surface area contributed by atoms with Crippen LogP contribution in [0.25, 0.3) is 0 Å². The Morgan fingerprint density at radius 1 is 1.75 bits per heavy atom. The summed E-state index contributed by atoms with van der Waals surface area (Å²) in [4.78, 5) is 20.4. The van der Waals surface area contributed by atoms with Crippen molar-refractivity contribution in [2.75, 3.05) is 6.54 Å². The van der Waals surface area contributed by atoms with E-state index in [0.717, 1.165) is 0 Å². The molecule has 0 radical (unpaired) electrons. The van der Waals surface area contributed by atoms with Gasteiger partial charge in [0.2, 0.25) is 5.91 Å². The van der Waals surface area contributed by atoms with Crippen LogP contribution in [0.4, 0.5) is 0 Å². The predicted molar refractivity (Wildman–Crippen MR) is 27.2 cm³/mol. The maximum absolute atomic E-state index is 10.5. The second-order valence-corrected chi connectivity index (χ2v) is 1.82. The molecule has 1 heterocycles. The SMILES string of the molecule is O=CC1CCNC1=O. The number of hydrogen-bond acceptors (Lipinski definition) is 2. The number of amides is 1. The van der Waals surface area contributed by atoms with Crippen molar-refractivity contribution in [3.05, 3.63) is 0 Å². The Labute approximate surface area is 47.1 Å². The number of rotatable bonds is 1. The summed E-state index contributed by atoms with van der Waals surface area (Å²) in [6, 6.07) is 0. The molecule has 44 valence electrons. The summed E-state index contributed by atoms with van der Waals surface area (Å²) in [5, 5.41) is 2.55. The molecule has 1 saturated heterocycles. The molecule has 0 aromatic carbocycles. The van der Waals surface area contributed by atoms with Gasteiger partial charge < -0.3 is 10.1 Å². The highest BCUT2D eigenvalue weighted by molar-refractivity contribution is 5.93. The van der Waals surface area contributed by atoms with Gasteiger partial charge in [-0.05, 0) is 6.42 Å². The van der Waals surface area contributed by atoms with Crippen LogP contribution >= 0.6 is 0 Å². The Kier molecular flexibility index (Phi) is 1.28. The van der Waals surface area contributed by atoms with E-state index in [9.17, 15) is 9.59 Å². The second-order valence-electron chi connectivity index (χ2n) is 1.82. The van der Waals surface area contributed by atoms with Crippen molar-refractivity contribution < 1.29 is 9.59 Å². The number of aldehydes is 1.